The number of hydrogen-bond acceptors (Lipinski definition) is 1. The van der Waals surface area contributed by atoms with Gasteiger partial charge in [0.25, 0.3) is 0 Å². The van der Waals surface area contributed by atoms with Gasteiger partial charge in [0.15, 0.2) is 6.67 Å². The SMILES string of the molecule is CO.FCC(F)(F)C(F)(F)C(F)(F)C(F)(F)F. The Morgan fingerprint density at radius 1 is 0.706 bits per heavy atom. The average Bonchev–Trinajstić information content (AvgIpc) is 2.18. The first kappa shape index (κ1) is 18.6. The second-order valence-electron chi connectivity index (χ2n) is 2.48. The molecular weight excluding hydrogens is 278 g/mol. The molecule has 0 aliphatic carbocycles. The molecule has 0 aromatic heterocycles. The summed E-state index contributed by atoms with van der Waals surface area (Å²) in [6.45, 7) is -3.33. The molecule has 0 rings (SSSR count). The lowest BCUT2D eigenvalue weighted by Crippen LogP contribution is -2.61. The number of halogens is 10. The monoisotopic (exact) mass is 284 g/mol. The van der Waals surface area contributed by atoms with Crippen molar-refractivity contribution in [2.75, 3.05) is 13.8 Å². The minimum absolute atomic E-state index is 1.00. The number of aliphatic hydroxyl groups excluding tert-OH is 1. The Morgan fingerprint density at radius 3 is 1.18 bits per heavy atom. The van der Waals surface area contributed by atoms with Crippen molar-refractivity contribution in [2.45, 2.75) is 23.9 Å². The van der Waals surface area contributed by atoms with E-state index in [1.54, 1.807) is 0 Å². The third-order valence-corrected chi connectivity index (χ3v) is 1.38. The zero-order valence-electron chi connectivity index (χ0n) is 7.93. The lowest BCUT2D eigenvalue weighted by atomic mass is 10.1. The molecule has 0 unspecified atom stereocenters. The molecule has 0 saturated carbocycles. The highest BCUT2D eigenvalue weighted by Gasteiger charge is 2.81. The standard InChI is InChI=1S/C5H2F10.CH4O/c6-1-2(7,8)3(9,10)4(11,12)5(13,14)15;1-2/h1H2;2H,1H3. The maximum Gasteiger partial charge on any atom is 0.460 e. The van der Waals surface area contributed by atoms with Gasteiger partial charge in [0, 0.05) is 7.11 Å². The summed E-state index contributed by atoms with van der Waals surface area (Å²) in [6.07, 6.45) is -6.89. The maximum atomic E-state index is 12.0. The first-order chi connectivity index (χ1) is 7.31. The van der Waals surface area contributed by atoms with Gasteiger partial charge in [-0.25, -0.2) is 4.39 Å². The average molecular weight is 284 g/mol. The van der Waals surface area contributed by atoms with Gasteiger partial charge in [0.05, 0.1) is 0 Å². The van der Waals surface area contributed by atoms with E-state index >= 15 is 0 Å². The molecule has 0 saturated heterocycles. The fraction of sp³-hybridized carbons (Fsp3) is 1.00. The van der Waals surface area contributed by atoms with Crippen molar-refractivity contribution in [3.63, 3.8) is 0 Å². The lowest BCUT2D eigenvalue weighted by Gasteiger charge is -2.32. The van der Waals surface area contributed by atoms with Crippen LogP contribution in [0, 0.1) is 0 Å². The molecule has 0 aromatic carbocycles. The largest absolute Gasteiger partial charge is 0.460 e. The summed E-state index contributed by atoms with van der Waals surface area (Å²) in [7, 11) is 1.00. The van der Waals surface area contributed by atoms with E-state index in [4.69, 9.17) is 5.11 Å². The van der Waals surface area contributed by atoms with Crippen molar-refractivity contribution in [1.29, 1.82) is 0 Å². The quantitative estimate of drug-likeness (QED) is 0.790. The molecule has 0 aliphatic heterocycles. The van der Waals surface area contributed by atoms with E-state index in [0.29, 0.717) is 0 Å². The van der Waals surface area contributed by atoms with Crippen LogP contribution in [0.3, 0.4) is 0 Å². The normalized spacial score (nSPS) is 14.1. The number of alkyl halides is 10. The summed E-state index contributed by atoms with van der Waals surface area (Å²) in [5, 5.41) is 7.00. The molecule has 0 aromatic rings. The third-order valence-electron chi connectivity index (χ3n) is 1.38. The highest BCUT2D eigenvalue weighted by molar-refractivity contribution is 5.00. The third kappa shape index (κ3) is 3.13. The van der Waals surface area contributed by atoms with Gasteiger partial charge < -0.3 is 5.11 Å². The molecule has 0 bridgehead atoms. The predicted molar refractivity (Wildman–Crippen MR) is 35.0 cm³/mol. The zero-order chi connectivity index (χ0) is 14.7. The van der Waals surface area contributed by atoms with Gasteiger partial charge in [-0.3, -0.25) is 0 Å². The molecule has 11 heteroatoms. The molecule has 0 heterocycles. The summed E-state index contributed by atoms with van der Waals surface area (Å²) >= 11 is 0. The minimum Gasteiger partial charge on any atom is -0.400 e. The lowest BCUT2D eigenvalue weighted by molar-refractivity contribution is -0.397. The summed E-state index contributed by atoms with van der Waals surface area (Å²) < 4.78 is 117. The predicted octanol–water partition coefficient (Wildman–Crippen LogP) is 3.03. The van der Waals surface area contributed by atoms with Crippen LogP contribution in [0.15, 0.2) is 0 Å². The Bertz CT molecular complexity index is 231. The Morgan fingerprint density at radius 2 is 1.00 bits per heavy atom. The fourth-order valence-corrected chi connectivity index (χ4v) is 0.492. The molecule has 1 nitrogen and oxygen atoms in total. The van der Waals surface area contributed by atoms with Crippen LogP contribution in [0.1, 0.15) is 0 Å². The zero-order valence-corrected chi connectivity index (χ0v) is 7.93. The Labute approximate surface area is 88.0 Å². The molecule has 17 heavy (non-hydrogen) atoms. The number of hydrogen-bond donors (Lipinski definition) is 1. The Balaban J connectivity index is 0. The van der Waals surface area contributed by atoms with Crippen LogP contribution in [0.2, 0.25) is 0 Å². The first-order valence-electron chi connectivity index (χ1n) is 3.52. The molecule has 0 spiro atoms. The van der Waals surface area contributed by atoms with Crippen LogP contribution in [0.5, 0.6) is 0 Å². The topological polar surface area (TPSA) is 20.2 Å². The van der Waals surface area contributed by atoms with Crippen molar-refractivity contribution in [1.82, 2.24) is 0 Å². The summed E-state index contributed by atoms with van der Waals surface area (Å²) in [5.41, 5.74) is 0. The van der Waals surface area contributed by atoms with Crippen molar-refractivity contribution in [3.05, 3.63) is 0 Å². The molecule has 0 amide bonds. The van der Waals surface area contributed by atoms with E-state index in [2.05, 4.69) is 0 Å². The second kappa shape index (κ2) is 5.27. The maximum absolute atomic E-state index is 12.0. The van der Waals surface area contributed by atoms with Crippen LogP contribution in [-0.4, -0.2) is 42.8 Å². The van der Waals surface area contributed by atoms with Crippen LogP contribution < -0.4 is 0 Å². The van der Waals surface area contributed by atoms with Gasteiger partial charge >= 0.3 is 23.9 Å². The molecular formula is C6H6F10O. The van der Waals surface area contributed by atoms with E-state index in [0.717, 1.165) is 7.11 Å². The summed E-state index contributed by atoms with van der Waals surface area (Å²) in [6, 6.07) is 0. The smallest absolute Gasteiger partial charge is 0.400 e. The van der Waals surface area contributed by atoms with Gasteiger partial charge in [-0.05, 0) is 0 Å². The van der Waals surface area contributed by atoms with E-state index in [1.165, 1.54) is 0 Å². The van der Waals surface area contributed by atoms with Gasteiger partial charge in [-0.1, -0.05) is 0 Å². The summed E-state index contributed by atoms with van der Waals surface area (Å²) in [4.78, 5) is 0. The molecule has 1 N–H and O–H groups in total. The van der Waals surface area contributed by atoms with Gasteiger partial charge in [0.2, 0.25) is 0 Å². The van der Waals surface area contributed by atoms with Crippen LogP contribution in [0.4, 0.5) is 43.9 Å². The molecule has 0 aliphatic rings. The van der Waals surface area contributed by atoms with Crippen molar-refractivity contribution >= 4 is 0 Å². The van der Waals surface area contributed by atoms with Crippen molar-refractivity contribution in [2.24, 2.45) is 0 Å². The first-order valence-corrected chi connectivity index (χ1v) is 3.52. The molecule has 0 fully saturated rings. The molecule has 106 valence electrons. The number of aliphatic hydroxyl groups is 1. The van der Waals surface area contributed by atoms with Crippen molar-refractivity contribution < 1.29 is 49.0 Å². The second-order valence-corrected chi connectivity index (χ2v) is 2.48. The van der Waals surface area contributed by atoms with E-state index in [1.807, 2.05) is 0 Å². The van der Waals surface area contributed by atoms with Crippen LogP contribution in [-0.2, 0) is 0 Å². The van der Waals surface area contributed by atoms with Crippen molar-refractivity contribution in [3.8, 4) is 0 Å². The Kier molecular flexibility index (Phi) is 5.78. The van der Waals surface area contributed by atoms with Crippen LogP contribution in [0.25, 0.3) is 0 Å². The number of rotatable bonds is 3. The minimum atomic E-state index is -7.00. The molecule has 0 atom stereocenters. The van der Waals surface area contributed by atoms with Gasteiger partial charge in [-0.2, -0.15) is 39.5 Å². The van der Waals surface area contributed by atoms with E-state index in [-0.39, 0.29) is 0 Å². The van der Waals surface area contributed by atoms with E-state index < -0.39 is 30.6 Å². The fourth-order valence-electron chi connectivity index (χ4n) is 0.492. The highest BCUT2D eigenvalue weighted by Crippen LogP contribution is 2.52. The van der Waals surface area contributed by atoms with E-state index in [9.17, 15) is 43.9 Å². The molecule has 0 radical (unpaired) electrons. The van der Waals surface area contributed by atoms with Gasteiger partial charge in [0.1, 0.15) is 0 Å². The van der Waals surface area contributed by atoms with Gasteiger partial charge in [-0.15, -0.1) is 0 Å². The Hall–Kier alpha value is -0.740. The highest BCUT2D eigenvalue weighted by atomic mass is 19.4. The summed E-state index contributed by atoms with van der Waals surface area (Å²) in [5.74, 6) is -19.9. The van der Waals surface area contributed by atoms with Crippen LogP contribution >= 0.6 is 0 Å².